The molecule has 0 unspecified atom stereocenters. The Morgan fingerprint density at radius 2 is 0.942 bits per heavy atom. The van der Waals surface area contributed by atoms with Crippen LogP contribution in [0.2, 0.25) is 0 Å². The van der Waals surface area contributed by atoms with Crippen molar-refractivity contribution in [3.8, 4) is 44.5 Å². The molecule has 0 spiro atoms. The first-order valence-corrected chi connectivity index (χ1v) is 19.1. The second-order valence-electron chi connectivity index (χ2n) is 16.9. The average molecular weight is 669 g/mol. The van der Waals surface area contributed by atoms with Gasteiger partial charge in [0.1, 0.15) is 0 Å². The van der Waals surface area contributed by atoms with Crippen LogP contribution in [-0.2, 0) is 5.41 Å². The summed E-state index contributed by atoms with van der Waals surface area (Å²) in [6, 6.07) is 49.4. The van der Waals surface area contributed by atoms with Crippen molar-refractivity contribution < 1.29 is 0 Å². The van der Waals surface area contributed by atoms with E-state index in [1.165, 1.54) is 115 Å². The van der Waals surface area contributed by atoms with Gasteiger partial charge >= 0.3 is 0 Å². The van der Waals surface area contributed by atoms with E-state index >= 15 is 0 Å². The third-order valence-corrected chi connectivity index (χ3v) is 12.1. The smallest absolute Gasteiger partial charge is 0.00176 e. The van der Waals surface area contributed by atoms with E-state index in [1.54, 1.807) is 0 Å². The monoisotopic (exact) mass is 668 g/mol. The Balaban J connectivity index is 1.11. The van der Waals surface area contributed by atoms with Crippen LogP contribution in [0.5, 0.6) is 0 Å². The summed E-state index contributed by atoms with van der Waals surface area (Å²) in [6.45, 7) is 16.2. The van der Waals surface area contributed by atoms with Crippen LogP contribution in [0.25, 0.3) is 98.4 Å². The van der Waals surface area contributed by atoms with Crippen LogP contribution in [0.1, 0.15) is 77.0 Å². The summed E-state index contributed by atoms with van der Waals surface area (Å²) >= 11 is 0. The molecule has 0 saturated heterocycles. The summed E-state index contributed by atoms with van der Waals surface area (Å²) < 4.78 is 0. The average Bonchev–Trinajstić information content (AvgIpc) is 3.47. The Labute approximate surface area is 307 Å². The lowest BCUT2D eigenvalue weighted by atomic mass is 9.82. The van der Waals surface area contributed by atoms with Crippen LogP contribution in [0.3, 0.4) is 0 Å². The standard InChI is InChI=1S/C52H44/c1-29(2)37-18-15-31-16-19-44-46(30(3)4)28-47(45-24-23-42(37)49(31)51(44)45)35-14-12-32-25-34(13-11-33(32)26-35)38-21-22-43-39-20-17-36(52(5,6)7)27-48(39)41-10-8-9-40(38)50(41)43/h8-30H,1-7H3. The molecular formula is C52H44. The van der Waals surface area contributed by atoms with E-state index in [0.717, 1.165) is 0 Å². The Bertz CT molecular complexity index is 2930. The van der Waals surface area contributed by atoms with Crippen LogP contribution in [0.4, 0.5) is 0 Å². The van der Waals surface area contributed by atoms with Gasteiger partial charge in [0, 0.05) is 0 Å². The first-order valence-electron chi connectivity index (χ1n) is 19.1. The number of hydrogen-bond acceptors (Lipinski definition) is 0. The van der Waals surface area contributed by atoms with Gasteiger partial charge in [-0.25, -0.2) is 0 Å². The van der Waals surface area contributed by atoms with Gasteiger partial charge in [-0.1, -0.05) is 152 Å². The molecule has 0 radical (unpaired) electrons. The van der Waals surface area contributed by atoms with Gasteiger partial charge in [-0.05, 0) is 157 Å². The van der Waals surface area contributed by atoms with E-state index in [0.29, 0.717) is 11.8 Å². The maximum absolute atomic E-state index is 2.47. The highest BCUT2D eigenvalue weighted by atomic mass is 14.3. The normalized spacial score (nSPS) is 12.9. The molecule has 0 bridgehead atoms. The van der Waals surface area contributed by atoms with Crippen LogP contribution >= 0.6 is 0 Å². The lowest BCUT2D eigenvalue weighted by Crippen LogP contribution is -2.10. The molecule has 0 heterocycles. The highest BCUT2D eigenvalue weighted by Gasteiger charge is 2.25. The van der Waals surface area contributed by atoms with Crippen molar-refractivity contribution in [2.45, 2.75) is 65.7 Å². The Hall–Kier alpha value is -5.46. The minimum Gasteiger partial charge on any atom is -0.0610 e. The molecule has 1 aliphatic carbocycles. The van der Waals surface area contributed by atoms with Crippen molar-refractivity contribution >= 4 is 53.9 Å². The Kier molecular flexibility index (Phi) is 6.63. The van der Waals surface area contributed by atoms with Gasteiger partial charge in [-0.2, -0.15) is 0 Å². The van der Waals surface area contributed by atoms with E-state index in [9.17, 15) is 0 Å². The summed E-state index contributed by atoms with van der Waals surface area (Å²) in [6.07, 6.45) is 0. The third kappa shape index (κ3) is 4.46. The van der Waals surface area contributed by atoms with E-state index in [-0.39, 0.29) is 5.41 Å². The van der Waals surface area contributed by atoms with Gasteiger partial charge in [-0.3, -0.25) is 0 Å². The summed E-state index contributed by atoms with van der Waals surface area (Å²) in [5, 5.41) is 13.5. The van der Waals surface area contributed by atoms with Crippen LogP contribution in [-0.4, -0.2) is 0 Å². The first-order chi connectivity index (χ1) is 25.1. The Morgan fingerprint density at radius 3 is 1.67 bits per heavy atom. The zero-order chi connectivity index (χ0) is 35.6. The Morgan fingerprint density at radius 1 is 0.365 bits per heavy atom. The van der Waals surface area contributed by atoms with Gasteiger partial charge < -0.3 is 0 Å². The van der Waals surface area contributed by atoms with Crippen molar-refractivity contribution in [1.82, 2.24) is 0 Å². The summed E-state index contributed by atoms with van der Waals surface area (Å²) in [5.74, 6) is 0.893. The van der Waals surface area contributed by atoms with Crippen molar-refractivity contribution in [3.05, 3.63) is 144 Å². The largest absolute Gasteiger partial charge is 0.0610 e. The molecule has 10 rings (SSSR count). The molecule has 9 aromatic rings. The van der Waals surface area contributed by atoms with Crippen molar-refractivity contribution in [3.63, 3.8) is 0 Å². The lowest BCUT2D eigenvalue weighted by Gasteiger charge is -2.21. The second kappa shape index (κ2) is 11.0. The molecule has 0 heteroatoms. The number of fused-ring (bicyclic) bond motifs is 4. The second-order valence-corrected chi connectivity index (χ2v) is 16.9. The molecular weight excluding hydrogens is 625 g/mol. The van der Waals surface area contributed by atoms with Gasteiger partial charge in [-0.15, -0.1) is 0 Å². The van der Waals surface area contributed by atoms with Crippen LogP contribution in [0.15, 0.2) is 127 Å². The topological polar surface area (TPSA) is 0 Å². The highest BCUT2D eigenvalue weighted by Crippen LogP contribution is 2.51. The molecule has 0 fully saturated rings. The molecule has 0 nitrogen and oxygen atoms in total. The fourth-order valence-electron chi connectivity index (χ4n) is 9.32. The molecule has 0 aliphatic heterocycles. The molecule has 0 N–H and O–H groups in total. The molecule has 1 aliphatic rings. The maximum Gasteiger partial charge on any atom is -0.00176 e. The lowest BCUT2D eigenvalue weighted by molar-refractivity contribution is 0.590. The van der Waals surface area contributed by atoms with Crippen molar-refractivity contribution in [2.24, 2.45) is 0 Å². The first kappa shape index (κ1) is 31.3. The summed E-state index contributed by atoms with van der Waals surface area (Å²) in [4.78, 5) is 0. The fourth-order valence-corrected chi connectivity index (χ4v) is 9.32. The highest BCUT2D eigenvalue weighted by molar-refractivity contribution is 6.27. The minimum atomic E-state index is 0.113. The molecule has 52 heavy (non-hydrogen) atoms. The molecule has 9 aromatic carbocycles. The zero-order valence-electron chi connectivity index (χ0n) is 31.3. The molecule has 0 atom stereocenters. The quantitative estimate of drug-likeness (QED) is 0.164. The van der Waals surface area contributed by atoms with Crippen molar-refractivity contribution in [1.29, 1.82) is 0 Å². The predicted octanol–water partition coefficient (Wildman–Crippen LogP) is 15.4. The van der Waals surface area contributed by atoms with E-state index in [2.05, 4.69) is 176 Å². The van der Waals surface area contributed by atoms with Gasteiger partial charge in [0.15, 0.2) is 0 Å². The SMILES string of the molecule is CC(C)c1ccc2ccc3c(C(C)C)cc(-c4ccc5cc(-c6ccc7c8c(cccc68)-c6cc(C(C)(C)C)ccc6-7)ccc5c4)c4ccc1c2c43. The number of hydrogen-bond donors (Lipinski definition) is 0. The maximum atomic E-state index is 2.47. The number of rotatable bonds is 4. The van der Waals surface area contributed by atoms with Gasteiger partial charge in [0.25, 0.3) is 0 Å². The minimum absolute atomic E-state index is 0.113. The molecule has 0 aromatic heterocycles. The van der Waals surface area contributed by atoms with E-state index in [4.69, 9.17) is 0 Å². The van der Waals surface area contributed by atoms with E-state index in [1.807, 2.05) is 0 Å². The number of benzene rings is 9. The molecule has 0 amide bonds. The molecule has 252 valence electrons. The zero-order valence-corrected chi connectivity index (χ0v) is 31.3. The van der Waals surface area contributed by atoms with Crippen LogP contribution in [0, 0.1) is 0 Å². The fraction of sp³-hybridized carbons (Fsp3) is 0.192. The van der Waals surface area contributed by atoms with Gasteiger partial charge in [0.2, 0.25) is 0 Å². The molecule has 0 saturated carbocycles. The van der Waals surface area contributed by atoms with E-state index < -0.39 is 0 Å². The third-order valence-electron chi connectivity index (χ3n) is 12.1. The van der Waals surface area contributed by atoms with Crippen LogP contribution < -0.4 is 0 Å². The van der Waals surface area contributed by atoms with Gasteiger partial charge in [0.05, 0.1) is 0 Å². The van der Waals surface area contributed by atoms with Crippen molar-refractivity contribution in [2.75, 3.05) is 0 Å². The summed E-state index contributed by atoms with van der Waals surface area (Å²) in [7, 11) is 0. The summed E-state index contributed by atoms with van der Waals surface area (Å²) in [5.41, 5.74) is 14.9. The predicted molar refractivity (Wildman–Crippen MR) is 227 cm³/mol.